The van der Waals surface area contributed by atoms with Crippen molar-refractivity contribution in [3.63, 3.8) is 0 Å². The molecule has 2 rings (SSSR count). The van der Waals surface area contributed by atoms with Crippen molar-refractivity contribution in [3.8, 4) is 0 Å². The molecule has 1 aliphatic carbocycles. The summed E-state index contributed by atoms with van der Waals surface area (Å²) < 4.78 is 0. The number of ketones is 1. The van der Waals surface area contributed by atoms with Gasteiger partial charge in [0.15, 0.2) is 0 Å². The number of likely N-dealkylation sites (tertiary alicyclic amines) is 1. The summed E-state index contributed by atoms with van der Waals surface area (Å²) in [5, 5.41) is 3.27. The number of carbonyl (C=O) groups excluding carboxylic acids is 1. The zero-order valence-corrected chi connectivity index (χ0v) is 11.1. The SMILES string of the molecule is CNCC1CCCN(C2CCCCCC2=O)C1. The van der Waals surface area contributed by atoms with Gasteiger partial charge in [0.2, 0.25) is 0 Å². The number of nitrogens with zero attached hydrogens (tertiary/aromatic N) is 1. The first-order valence-electron chi connectivity index (χ1n) is 7.22. The van der Waals surface area contributed by atoms with E-state index in [0.717, 1.165) is 44.8 Å². The van der Waals surface area contributed by atoms with Gasteiger partial charge in [-0.25, -0.2) is 0 Å². The Labute approximate surface area is 105 Å². The first kappa shape index (κ1) is 13.0. The van der Waals surface area contributed by atoms with E-state index in [-0.39, 0.29) is 6.04 Å². The molecule has 1 saturated carbocycles. The number of hydrogen-bond acceptors (Lipinski definition) is 3. The van der Waals surface area contributed by atoms with Gasteiger partial charge in [0.25, 0.3) is 0 Å². The van der Waals surface area contributed by atoms with Crippen molar-refractivity contribution in [2.45, 2.75) is 51.0 Å². The van der Waals surface area contributed by atoms with E-state index in [9.17, 15) is 4.79 Å². The summed E-state index contributed by atoms with van der Waals surface area (Å²) in [4.78, 5) is 14.6. The second kappa shape index (κ2) is 6.50. The van der Waals surface area contributed by atoms with E-state index >= 15 is 0 Å². The van der Waals surface area contributed by atoms with E-state index in [1.54, 1.807) is 0 Å². The van der Waals surface area contributed by atoms with Crippen LogP contribution < -0.4 is 5.32 Å². The molecule has 0 aromatic rings. The van der Waals surface area contributed by atoms with Gasteiger partial charge in [-0.3, -0.25) is 9.69 Å². The minimum atomic E-state index is 0.247. The van der Waals surface area contributed by atoms with Crippen LogP contribution in [0.4, 0.5) is 0 Å². The molecule has 17 heavy (non-hydrogen) atoms. The van der Waals surface area contributed by atoms with Crippen molar-refractivity contribution >= 4 is 5.78 Å². The van der Waals surface area contributed by atoms with Crippen LogP contribution in [-0.2, 0) is 4.79 Å². The topological polar surface area (TPSA) is 32.3 Å². The second-order valence-corrected chi connectivity index (χ2v) is 5.64. The van der Waals surface area contributed by atoms with Crippen molar-refractivity contribution < 1.29 is 4.79 Å². The molecule has 2 atom stereocenters. The third-order valence-corrected chi connectivity index (χ3v) is 4.26. The molecule has 0 bridgehead atoms. The van der Waals surface area contributed by atoms with Gasteiger partial charge in [0.1, 0.15) is 5.78 Å². The van der Waals surface area contributed by atoms with Gasteiger partial charge in [0, 0.05) is 13.0 Å². The Morgan fingerprint density at radius 1 is 1.24 bits per heavy atom. The maximum absolute atomic E-state index is 12.1. The maximum Gasteiger partial charge on any atom is 0.149 e. The van der Waals surface area contributed by atoms with Crippen LogP contribution in [-0.4, -0.2) is 43.4 Å². The largest absolute Gasteiger partial charge is 0.319 e. The normalized spacial score (nSPS) is 32.4. The highest BCUT2D eigenvalue weighted by atomic mass is 16.1. The Morgan fingerprint density at radius 2 is 2.12 bits per heavy atom. The molecule has 1 N–H and O–H groups in total. The van der Waals surface area contributed by atoms with E-state index in [1.165, 1.54) is 25.7 Å². The highest BCUT2D eigenvalue weighted by molar-refractivity contribution is 5.84. The fourth-order valence-electron chi connectivity index (χ4n) is 3.36. The number of nitrogens with one attached hydrogen (secondary N) is 1. The third kappa shape index (κ3) is 3.52. The zero-order chi connectivity index (χ0) is 12.1. The molecular weight excluding hydrogens is 212 g/mol. The standard InChI is InChI=1S/C14H26N2O/c1-15-10-12-6-5-9-16(11-12)13-7-3-2-4-8-14(13)17/h12-13,15H,2-11H2,1H3. The molecule has 1 saturated heterocycles. The van der Waals surface area contributed by atoms with Gasteiger partial charge >= 0.3 is 0 Å². The van der Waals surface area contributed by atoms with Gasteiger partial charge in [-0.2, -0.15) is 0 Å². The van der Waals surface area contributed by atoms with Crippen molar-refractivity contribution in [2.75, 3.05) is 26.7 Å². The summed E-state index contributed by atoms with van der Waals surface area (Å²) in [6.45, 7) is 3.35. The Bertz CT molecular complexity index is 253. The van der Waals surface area contributed by atoms with Gasteiger partial charge in [0.05, 0.1) is 6.04 Å². The van der Waals surface area contributed by atoms with Gasteiger partial charge in [-0.1, -0.05) is 12.8 Å². The second-order valence-electron chi connectivity index (χ2n) is 5.64. The van der Waals surface area contributed by atoms with E-state index in [2.05, 4.69) is 10.2 Å². The molecule has 3 heteroatoms. The molecule has 2 fully saturated rings. The van der Waals surface area contributed by atoms with Crippen LogP contribution in [0.25, 0.3) is 0 Å². The van der Waals surface area contributed by atoms with Crippen LogP contribution in [0.2, 0.25) is 0 Å². The van der Waals surface area contributed by atoms with E-state index < -0.39 is 0 Å². The molecule has 2 unspecified atom stereocenters. The van der Waals surface area contributed by atoms with E-state index in [4.69, 9.17) is 0 Å². The summed E-state index contributed by atoms with van der Waals surface area (Å²) >= 11 is 0. The van der Waals surface area contributed by atoms with Crippen molar-refractivity contribution in [1.82, 2.24) is 10.2 Å². The van der Waals surface area contributed by atoms with Crippen LogP contribution in [0.1, 0.15) is 44.9 Å². The molecule has 0 radical (unpaired) electrons. The number of hydrogen-bond donors (Lipinski definition) is 1. The number of Topliss-reactive ketones (excluding diaryl/α,β-unsaturated/α-hetero) is 1. The summed E-state index contributed by atoms with van der Waals surface area (Å²) in [6, 6.07) is 0.247. The van der Waals surface area contributed by atoms with Crippen LogP contribution in [0, 0.1) is 5.92 Å². The average Bonchev–Trinajstić information content (AvgIpc) is 2.55. The van der Waals surface area contributed by atoms with E-state index in [0.29, 0.717) is 5.78 Å². The Kier molecular flexibility index (Phi) is 4.99. The van der Waals surface area contributed by atoms with Crippen molar-refractivity contribution in [3.05, 3.63) is 0 Å². The highest BCUT2D eigenvalue weighted by Gasteiger charge is 2.30. The summed E-state index contributed by atoms with van der Waals surface area (Å²) in [5.41, 5.74) is 0. The summed E-state index contributed by atoms with van der Waals surface area (Å²) in [7, 11) is 2.02. The Morgan fingerprint density at radius 3 is 2.94 bits per heavy atom. The average molecular weight is 238 g/mol. The van der Waals surface area contributed by atoms with Gasteiger partial charge < -0.3 is 5.32 Å². The fourth-order valence-corrected chi connectivity index (χ4v) is 3.36. The number of piperidine rings is 1. The van der Waals surface area contributed by atoms with Gasteiger partial charge in [-0.05, 0) is 51.7 Å². The number of carbonyl (C=O) groups is 1. The van der Waals surface area contributed by atoms with Crippen LogP contribution in [0.5, 0.6) is 0 Å². The Hall–Kier alpha value is -0.410. The minimum Gasteiger partial charge on any atom is -0.319 e. The zero-order valence-electron chi connectivity index (χ0n) is 11.1. The molecule has 98 valence electrons. The highest BCUT2D eigenvalue weighted by Crippen LogP contribution is 2.24. The van der Waals surface area contributed by atoms with Crippen molar-refractivity contribution in [1.29, 1.82) is 0 Å². The molecule has 2 aliphatic rings. The molecule has 0 aromatic carbocycles. The lowest BCUT2D eigenvalue weighted by molar-refractivity contribution is -0.124. The minimum absolute atomic E-state index is 0.247. The number of rotatable bonds is 3. The van der Waals surface area contributed by atoms with Crippen LogP contribution in [0.15, 0.2) is 0 Å². The molecule has 1 heterocycles. The maximum atomic E-state index is 12.1. The summed E-state index contributed by atoms with van der Waals surface area (Å²) in [6.07, 6.45) is 8.10. The molecule has 0 amide bonds. The predicted octanol–water partition coefficient (Wildman–Crippen LogP) is 1.82. The monoisotopic (exact) mass is 238 g/mol. The molecule has 0 aromatic heterocycles. The van der Waals surface area contributed by atoms with Crippen LogP contribution in [0.3, 0.4) is 0 Å². The quantitative estimate of drug-likeness (QED) is 0.761. The smallest absolute Gasteiger partial charge is 0.149 e. The van der Waals surface area contributed by atoms with Crippen molar-refractivity contribution in [2.24, 2.45) is 5.92 Å². The molecule has 0 spiro atoms. The predicted molar refractivity (Wildman–Crippen MR) is 70.1 cm³/mol. The van der Waals surface area contributed by atoms with Gasteiger partial charge in [-0.15, -0.1) is 0 Å². The molecular formula is C14H26N2O. The molecule has 1 aliphatic heterocycles. The first-order valence-corrected chi connectivity index (χ1v) is 7.22. The lowest BCUT2D eigenvalue weighted by Crippen LogP contribution is -2.47. The Balaban J connectivity index is 1.92. The fraction of sp³-hybridized carbons (Fsp3) is 0.929. The summed E-state index contributed by atoms with van der Waals surface area (Å²) in [5.74, 6) is 1.25. The van der Waals surface area contributed by atoms with Crippen LogP contribution >= 0.6 is 0 Å². The van der Waals surface area contributed by atoms with E-state index in [1.807, 2.05) is 7.05 Å². The molecule has 3 nitrogen and oxygen atoms in total. The first-order chi connectivity index (χ1) is 8.31. The lowest BCUT2D eigenvalue weighted by atomic mass is 9.94. The third-order valence-electron chi connectivity index (χ3n) is 4.26. The lowest BCUT2D eigenvalue weighted by Gasteiger charge is -2.37.